The van der Waals surface area contributed by atoms with Crippen molar-refractivity contribution in [3.63, 3.8) is 0 Å². The monoisotopic (exact) mass is 282 g/mol. The predicted octanol–water partition coefficient (Wildman–Crippen LogP) is 1.14. The molecular weight excluding hydrogens is 265 g/mol. The summed E-state index contributed by atoms with van der Waals surface area (Å²) in [6.07, 6.45) is -6.98. The van der Waals surface area contributed by atoms with Crippen LogP contribution >= 0.6 is 0 Å². The minimum absolute atomic E-state index is 0.273. The molecular formula is C11H17F3N2O3. The lowest BCUT2D eigenvalue weighted by Crippen LogP contribution is -2.48. The molecule has 2 rings (SSSR count). The number of likely N-dealkylation sites (tertiary alicyclic amines) is 1. The van der Waals surface area contributed by atoms with Crippen LogP contribution in [0.1, 0.15) is 13.3 Å². The number of fused-ring (bicyclic) bond motifs is 1. The Kier molecular flexibility index (Phi) is 3.65. The first-order chi connectivity index (χ1) is 8.80. The highest BCUT2D eigenvalue weighted by atomic mass is 19.4. The van der Waals surface area contributed by atoms with Crippen molar-refractivity contribution in [3.05, 3.63) is 0 Å². The summed E-state index contributed by atoms with van der Waals surface area (Å²) in [5.41, 5.74) is -0.500. The van der Waals surface area contributed by atoms with Crippen LogP contribution in [0.4, 0.5) is 18.0 Å². The van der Waals surface area contributed by atoms with Gasteiger partial charge in [-0.15, -0.1) is 0 Å². The molecule has 2 heterocycles. The van der Waals surface area contributed by atoms with Crippen LogP contribution in [0.15, 0.2) is 0 Å². The minimum atomic E-state index is -4.54. The van der Waals surface area contributed by atoms with Crippen LogP contribution in [0.2, 0.25) is 0 Å². The summed E-state index contributed by atoms with van der Waals surface area (Å²) in [6.45, 7) is 2.27. The van der Waals surface area contributed by atoms with Gasteiger partial charge in [-0.1, -0.05) is 0 Å². The first-order valence-electron chi connectivity index (χ1n) is 6.10. The molecule has 19 heavy (non-hydrogen) atoms. The Hall–Kier alpha value is -1.02. The van der Waals surface area contributed by atoms with Gasteiger partial charge in [0.1, 0.15) is 5.60 Å². The largest absolute Gasteiger partial charge is 0.437 e. The van der Waals surface area contributed by atoms with Crippen LogP contribution in [0.25, 0.3) is 0 Å². The highest BCUT2D eigenvalue weighted by Crippen LogP contribution is 2.35. The van der Waals surface area contributed by atoms with Gasteiger partial charge in [-0.3, -0.25) is 0 Å². The van der Waals surface area contributed by atoms with Crippen molar-refractivity contribution < 1.29 is 27.4 Å². The zero-order chi connectivity index (χ0) is 14.3. The van der Waals surface area contributed by atoms with E-state index in [0.29, 0.717) is 26.1 Å². The summed E-state index contributed by atoms with van der Waals surface area (Å²) in [6, 6.07) is -0.273. The summed E-state index contributed by atoms with van der Waals surface area (Å²) in [5, 5.41) is 3.09. The van der Waals surface area contributed by atoms with Gasteiger partial charge >= 0.3 is 12.3 Å². The number of ether oxygens (including phenoxy) is 2. The van der Waals surface area contributed by atoms with Crippen molar-refractivity contribution in [2.75, 3.05) is 26.7 Å². The molecule has 5 nitrogen and oxygen atoms in total. The molecule has 2 fully saturated rings. The maximum absolute atomic E-state index is 12.4. The van der Waals surface area contributed by atoms with Gasteiger partial charge in [0.15, 0.2) is 6.10 Å². The lowest BCUT2D eigenvalue weighted by atomic mass is 9.98. The SMILES string of the molecule is CO[C@@]12CCN(C(=O)OC(C)C(F)(F)F)[C@@H]1CNC2. The van der Waals surface area contributed by atoms with E-state index in [1.807, 2.05) is 0 Å². The van der Waals surface area contributed by atoms with Crippen molar-refractivity contribution in [3.8, 4) is 0 Å². The molecule has 1 amide bonds. The maximum Gasteiger partial charge on any atom is 0.425 e. The molecule has 0 radical (unpaired) electrons. The standard InChI is InChI=1S/C11H17F3N2O3/c1-7(11(12,13)14)19-9(17)16-4-3-10(18-2)6-15-5-8(10)16/h7-8,15H,3-6H2,1-2H3/t7?,8-,10-/m1/s1. The Balaban J connectivity index is 2.02. The average Bonchev–Trinajstić information content (AvgIpc) is 2.85. The second-order valence-electron chi connectivity index (χ2n) is 4.93. The lowest BCUT2D eigenvalue weighted by Gasteiger charge is -2.30. The fraction of sp³-hybridized carbons (Fsp3) is 0.909. The van der Waals surface area contributed by atoms with Crippen LogP contribution in [-0.4, -0.2) is 61.7 Å². The zero-order valence-electron chi connectivity index (χ0n) is 10.8. The Labute approximate surface area is 109 Å². The molecule has 8 heteroatoms. The van der Waals surface area contributed by atoms with Crippen LogP contribution in [0, 0.1) is 0 Å². The number of alkyl halides is 3. The number of halogens is 3. The summed E-state index contributed by atoms with van der Waals surface area (Å²) in [4.78, 5) is 13.1. The van der Waals surface area contributed by atoms with Crippen LogP contribution in [0.5, 0.6) is 0 Å². The molecule has 0 aromatic heterocycles. The molecule has 0 saturated carbocycles. The Morgan fingerprint density at radius 2 is 2.21 bits per heavy atom. The summed E-state index contributed by atoms with van der Waals surface area (Å²) in [7, 11) is 1.55. The molecule has 2 saturated heterocycles. The molecule has 0 aliphatic carbocycles. The highest BCUT2D eigenvalue weighted by molar-refractivity contribution is 5.69. The van der Waals surface area contributed by atoms with E-state index in [1.54, 1.807) is 7.11 Å². The van der Waals surface area contributed by atoms with Crippen molar-refractivity contribution >= 4 is 6.09 Å². The predicted molar refractivity (Wildman–Crippen MR) is 59.7 cm³/mol. The first-order valence-corrected chi connectivity index (χ1v) is 6.10. The molecule has 0 aromatic carbocycles. The second-order valence-corrected chi connectivity index (χ2v) is 4.93. The number of hydrogen-bond acceptors (Lipinski definition) is 4. The van der Waals surface area contributed by atoms with E-state index in [9.17, 15) is 18.0 Å². The van der Waals surface area contributed by atoms with Gasteiger partial charge in [0, 0.05) is 26.7 Å². The molecule has 0 spiro atoms. The Morgan fingerprint density at radius 3 is 2.79 bits per heavy atom. The quantitative estimate of drug-likeness (QED) is 0.825. The molecule has 0 bridgehead atoms. The summed E-state index contributed by atoms with van der Waals surface area (Å²) in [5.74, 6) is 0. The van der Waals surface area contributed by atoms with Gasteiger partial charge in [-0.25, -0.2) is 4.79 Å². The molecule has 3 atom stereocenters. The van der Waals surface area contributed by atoms with Crippen molar-refractivity contribution in [1.29, 1.82) is 0 Å². The maximum atomic E-state index is 12.4. The van der Waals surface area contributed by atoms with Gasteiger partial charge < -0.3 is 19.7 Å². The van der Waals surface area contributed by atoms with E-state index >= 15 is 0 Å². The third-order valence-corrected chi connectivity index (χ3v) is 3.90. The summed E-state index contributed by atoms with van der Waals surface area (Å²) >= 11 is 0. The Bertz CT molecular complexity index is 364. The fourth-order valence-corrected chi connectivity index (χ4v) is 2.65. The lowest BCUT2D eigenvalue weighted by molar-refractivity contribution is -0.200. The molecule has 0 aromatic rings. The smallest absolute Gasteiger partial charge is 0.425 e. The van der Waals surface area contributed by atoms with E-state index in [2.05, 4.69) is 10.1 Å². The number of carbonyl (C=O) groups excluding carboxylic acids is 1. The molecule has 2 aliphatic heterocycles. The number of methoxy groups -OCH3 is 1. The number of rotatable bonds is 2. The van der Waals surface area contributed by atoms with E-state index in [-0.39, 0.29) is 6.04 Å². The Morgan fingerprint density at radius 1 is 1.53 bits per heavy atom. The number of carbonyl (C=O) groups is 1. The second kappa shape index (κ2) is 4.82. The molecule has 2 aliphatic rings. The van der Waals surface area contributed by atoms with Crippen LogP contribution < -0.4 is 5.32 Å². The van der Waals surface area contributed by atoms with Crippen LogP contribution in [-0.2, 0) is 9.47 Å². The third-order valence-electron chi connectivity index (χ3n) is 3.90. The van der Waals surface area contributed by atoms with E-state index in [1.165, 1.54) is 4.90 Å². The van der Waals surface area contributed by atoms with Gasteiger partial charge in [0.25, 0.3) is 0 Å². The average molecular weight is 282 g/mol. The highest BCUT2D eigenvalue weighted by Gasteiger charge is 2.53. The number of hydrogen-bond donors (Lipinski definition) is 1. The number of amides is 1. The molecule has 110 valence electrons. The number of nitrogens with one attached hydrogen (secondary N) is 1. The van der Waals surface area contributed by atoms with Gasteiger partial charge in [0.2, 0.25) is 0 Å². The molecule has 1 N–H and O–H groups in total. The van der Waals surface area contributed by atoms with Crippen molar-refractivity contribution in [1.82, 2.24) is 10.2 Å². The van der Waals surface area contributed by atoms with Crippen molar-refractivity contribution in [2.45, 2.75) is 37.3 Å². The van der Waals surface area contributed by atoms with E-state index in [0.717, 1.165) is 6.92 Å². The topological polar surface area (TPSA) is 50.8 Å². The third kappa shape index (κ3) is 2.51. The van der Waals surface area contributed by atoms with E-state index < -0.39 is 24.0 Å². The van der Waals surface area contributed by atoms with Gasteiger partial charge in [-0.2, -0.15) is 13.2 Å². The van der Waals surface area contributed by atoms with Crippen LogP contribution in [0.3, 0.4) is 0 Å². The summed E-state index contributed by atoms with van der Waals surface area (Å²) < 4.78 is 47.0. The zero-order valence-corrected chi connectivity index (χ0v) is 10.8. The first kappa shape index (κ1) is 14.4. The normalized spacial score (nSPS) is 32.3. The van der Waals surface area contributed by atoms with Gasteiger partial charge in [-0.05, 0) is 13.3 Å². The minimum Gasteiger partial charge on any atom is -0.437 e. The van der Waals surface area contributed by atoms with Crippen molar-refractivity contribution in [2.24, 2.45) is 0 Å². The fourth-order valence-electron chi connectivity index (χ4n) is 2.65. The number of nitrogens with zero attached hydrogens (tertiary/aromatic N) is 1. The van der Waals surface area contributed by atoms with Gasteiger partial charge in [0.05, 0.1) is 6.04 Å². The van der Waals surface area contributed by atoms with E-state index in [4.69, 9.17) is 4.74 Å². The molecule has 1 unspecified atom stereocenters.